The Balaban J connectivity index is 2.39. The van der Waals surface area contributed by atoms with Gasteiger partial charge in [0.05, 0.1) is 4.92 Å². The first-order valence-electron chi connectivity index (χ1n) is 3.74. The number of nitrogens with zero attached hydrogens (tertiary/aromatic N) is 5. The minimum Gasteiger partial charge on any atom is -0.258 e. The van der Waals surface area contributed by atoms with Gasteiger partial charge in [-0.1, -0.05) is 0 Å². The summed E-state index contributed by atoms with van der Waals surface area (Å²) in [6.45, 7) is 0. The molecule has 2 aromatic rings. The number of aromatic nitrogens is 4. The lowest BCUT2D eigenvalue weighted by atomic mass is 10.6. The monoisotopic (exact) mass is 191 g/mol. The van der Waals surface area contributed by atoms with E-state index in [0.717, 1.165) is 6.20 Å². The first-order chi connectivity index (χ1) is 6.77. The van der Waals surface area contributed by atoms with Crippen molar-refractivity contribution in [2.45, 2.75) is 0 Å². The first kappa shape index (κ1) is 8.30. The molecule has 0 atom stereocenters. The maximum absolute atomic E-state index is 10.4. The Kier molecular flexibility index (Phi) is 1.90. The molecule has 7 nitrogen and oxygen atoms in total. The van der Waals surface area contributed by atoms with E-state index < -0.39 is 4.92 Å². The fraction of sp³-hybridized carbons (Fsp3) is 0. The zero-order chi connectivity index (χ0) is 9.97. The van der Waals surface area contributed by atoms with Gasteiger partial charge in [0.2, 0.25) is 0 Å². The minimum atomic E-state index is -0.521. The summed E-state index contributed by atoms with van der Waals surface area (Å²) < 4.78 is 1.25. The summed E-state index contributed by atoms with van der Waals surface area (Å²) in [6.07, 6.45) is 5.48. The molecule has 70 valence electrons. The summed E-state index contributed by atoms with van der Waals surface area (Å²) in [5.74, 6) is 0.306. The van der Waals surface area contributed by atoms with Gasteiger partial charge in [-0.3, -0.25) is 10.1 Å². The third-order valence-electron chi connectivity index (χ3n) is 1.54. The molecule has 14 heavy (non-hydrogen) atoms. The largest absolute Gasteiger partial charge is 0.307 e. The summed E-state index contributed by atoms with van der Waals surface area (Å²) in [7, 11) is 0. The Bertz CT molecular complexity index is 452. The van der Waals surface area contributed by atoms with Crippen molar-refractivity contribution in [1.29, 1.82) is 0 Å². The highest BCUT2D eigenvalue weighted by Crippen LogP contribution is 2.09. The van der Waals surface area contributed by atoms with Crippen LogP contribution in [0.15, 0.2) is 30.9 Å². The summed E-state index contributed by atoms with van der Waals surface area (Å²) >= 11 is 0. The van der Waals surface area contributed by atoms with E-state index in [9.17, 15) is 10.1 Å². The van der Waals surface area contributed by atoms with Crippen LogP contribution in [-0.2, 0) is 0 Å². The second-order valence-corrected chi connectivity index (χ2v) is 2.45. The van der Waals surface area contributed by atoms with E-state index in [4.69, 9.17) is 0 Å². The van der Waals surface area contributed by atoms with Gasteiger partial charge in [-0.2, -0.15) is 9.78 Å². The van der Waals surface area contributed by atoms with Crippen LogP contribution in [0.1, 0.15) is 0 Å². The van der Waals surface area contributed by atoms with E-state index in [1.807, 2.05) is 0 Å². The molecule has 2 aromatic heterocycles. The molecule has 0 amide bonds. The van der Waals surface area contributed by atoms with Crippen molar-refractivity contribution in [2.24, 2.45) is 0 Å². The van der Waals surface area contributed by atoms with Crippen LogP contribution < -0.4 is 0 Å². The molecule has 0 aliphatic heterocycles. The van der Waals surface area contributed by atoms with Crippen LogP contribution in [-0.4, -0.2) is 24.7 Å². The summed E-state index contributed by atoms with van der Waals surface area (Å²) in [6, 6.07) is 1.65. The van der Waals surface area contributed by atoms with E-state index in [0.29, 0.717) is 5.95 Å². The van der Waals surface area contributed by atoms with Gasteiger partial charge in [0.25, 0.3) is 5.95 Å². The lowest BCUT2D eigenvalue weighted by Gasteiger charge is -1.94. The lowest BCUT2D eigenvalue weighted by Crippen LogP contribution is -1.99. The Morgan fingerprint density at radius 2 is 2.07 bits per heavy atom. The van der Waals surface area contributed by atoms with Gasteiger partial charge >= 0.3 is 5.69 Å². The summed E-state index contributed by atoms with van der Waals surface area (Å²) in [4.78, 5) is 17.6. The molecule has 0 unspecified atom stereocenters. The summed E-state index contributed by atoms with van der Waals surface area (Å²) in [5.41, 5.74) is -0.0857. The van der Waals surface area contributed by atoms with Gasteiger partial charge < -0.3 is 0 Å². The Morgan fingerprint density at radius 3 is 2.64 bits per heavy atom. The molecule has 0 bridgehead atoms. The molecule has 0 saturated carbocycles. The van der Waals surface area contributed by atoms with E-state index in [2.05, 4.69) is 15.1 Å². The Morgan fingerprint density at radius 1 is 1.36 bits per heavy atom. The molecule has 2 rings (SSSR count). The van der Waals surface area contributed by atoms with Crippen molar-refractivity contribution < 1.29 is 4.92 Å². The van der Waals surface area contributed by atoms with Gasteiger partial charge in [-0.25, -0.2) is 9.97 Å². The van der Waals surface area contributed by atoms with Crippen molar-refractivity contribution in [3.63, 3.8) is 0 Å². The Labute approximate surface area is 78.2 Å². The van der Waals surface area contributed by atoms with E-state index in [1.54, 1.807) is 6.07 Å². The van der Waals surface area contributed by atoms with Crippen LogP contribution in [0.3, 0.4) is 0 Å². The van der Waals surface area contributed by atoms with Crippen LogP contribution in [0.25, 0.3) is 5.95 Å². The molecule has 0 aromatic carbocycles. The molecule has 7 heteroatoms. The van der Waals surface area contributed by atoms with Crippen LogP contribution in [0.2, 0.25) is 0 Å². The SMILES string of the molecule is O=[N+]([O-])c1cnn(-c2ncccn2)c1. The van der Waals surface area contributed by atoms with Crippen LogP contribution >= 0.6 is 0 Å². The molecule has 0 N–H and O–H groups in total. The highest BCUT2D eigenvalue weighted by molar-refractivity contribution is 5.24. The summed E-state index contributed by atoms with van der Waals surface area (Å²) in [5, 5.41) is 14.1. The molecule has 0 aliphatic rings. The zero-order valence-electron chi connectivity index (χ0n) is 6.94. The molecule has 0 spiro atoms. The molecule has 0 saturated heterocycles. The quantitative estimate of drug-likeness (QED) is 0.511. The standard InChI is InChI=1S/C7H5N5O2/c13-12(14)6-4-10-11(5-6)7-8-2-1-3-9-7/h1-5H. The molecular formula is C7H5N5O2. The lowest BCUT2D eigenvalue weighted by molar-refractivity contribution is -0.384. The molecule has 0 aliphatic carbocycles. The third-order valence-corrected chi connectivity index (χ3v) is 1.54. The van der Waals surface area contributed by atoms with Gasteiger partial charge in [0.15, 0.2) is 0 Å². The van der Waals surface area contributed by atoms with Crippen LogP contribution in [0, 0.1) is 10.1 Å². The third kappa shape index (κ3) is 1.42. The average molecular weight is 191 g/mol. The Hall–Kier alpha value is -2.31. The minimum absolute atomic E-state index is 0.0857. The maximum Gasteiger partial charge on any atom is 0.307 e. The topological polar surface area (TPSA) is 86.7 Å². The molecule has 2 heterocycles. The predicted octanol–water partition coefficient (Wildman–Crippen LogP) is 0.570. The second-order valence-electron chi connectivity index (χ2n) is 2.45. The fourth-order valence-corrected chi connectivity index (χ4v) is 0.926. The molecule has 0 radical (unpaired) electrons. The first-order valence-corrected chi connectivity index (χ1v) is 3.74. The van der Waals surface area contributed by atoms with Crippen molar-refractivity contribution >= 4 is 5.69 Å². The van der Waals surface area contributed by atoms with Crippen LogP contribution in [0.4, 0.5) is 5.69 Å². The number of hydrogen-bond acceptors (Lipinski definition) is 5. The smallest absolute Gasteiger partial charge is 0.258 e. The van der Waals surface area contributed by atoms with Gasteiger partial charge in [0, 0.05) is 12.4 Å². The number of nitro groups is 1. The van der Waals surface area contributed by atoms with E-state index >= 15 is 0 Å². The van der Waals surface area contributed by atoms with Crippen molar-refractivity contribution in [3.05, 3.63) is 41.0 Å². The second kappa shape index (κ2) is 3.21. The zero-order valence-corrected chi connectivity index (χ0v) is 6.94. The molecule has 0 fully saturated rings. The van der Waals surface area contributed by atoms with Crippen molar-refractivity contribution in [1.82, 2.24) is 19.7 Å². The maximum atomic E-state index is 10.4. The highest BCUT2D eigenvalue weighted by atomic mass is 16.6. The van der Waals surface area contributed by atoms with Gasteiger partial charge in [-0.05, 0) is 6.07 Å². The number of rotatable bonds is 2. The molecular weight excluding hydrogens is 186 g/mol. The van der Waals surface area contributed by atoms with Gasteiger partial charge in [0.1, 0.15) is 12.4 Å². The van der Waals surface area contributed by atoms with E-state index in [1.165, 1.54) is 23.3 Å². The van der Waals surface area contributed by atoms with E-state index in [-0.39, 0.29) is 5.69 Å². The normalized spacial score (nSPS) is 10.0. The average Bonchev–Trinajstić information content (AvgIpc) is 2.68. The van der Waals surface area contributed by atoms with Crippen molar-refractivity contribution in [3.8, 4) is 5.95 Å². The van der Waals surface area contributed by atoms with Gasteiger partial charge in [-0.15, -0.1) is 0 Å². The number of hydrogen-bond donors (Lipinski definition) is 0. The highest BCUT2D eigenvalue weighted by Gasteiger charge is 2.10. The fourth-order valence-electron chi connectivity index (χ4n) is 0.926. The van der Waals surface area contributed by atoms with Crippen molar-refractivity contribution in [2.75, 3.05) is 0 Å². The predicted molar refractivity (Wildman–Crippen MR) is 45.8 cm³/mol. The van der Waals surface area contributed by atoms with Crippen LogP contribution in [0.5, 0.6) is 0 Å².